The van der Waals surface area contributed by atoms with E-state index in [2.05, 4.69) is 0 Å². The van der Waals surface area contributed by atoms with E-state index in [1.807, 2.05) is 91.9 Å². The second-order valence-corrected chi connectivity index (χ2v) is 7.39. The van der Waals surface area contributed by atoms with Gasteiger partial charge in [-0.25, -0.2) is 0 Å². The van der Waals surface area contributed by atoms with E-state index >= 15 is 0 Å². The van der Waals surface area contributed by atoms with Crippen LogP contribution in [0.25, 0.3) is 11.8 Å². The number of hydrogen-bond acceptors (Lipinski definition) is 3. The van der Waals surface area contributed by atoms with Gasteiger partial charge in [0.1, 0.15) is 11.5 Å². The molecule has 0 aromatic heterocycles. The molecule has 1 amide bonds. The Morgan fingerprint density at radius 3 is 2.35 bits per heavy atom. The number of methoxy groups -OCH3 is 1. The third-order valence-electron chi connectivity index (χ3n) is 4.97. The molecule has 4 rings (SSSR count). The third kappa shape index (κ3) is 4.35. The number of halogens is 1. The zero-order valence-corrected chi connectivity index (χ0v) is 18.1. The molecule has 0 fully saturated rings. The molecule has 0 saturated carbocycles. The van der Waals surface area contributed by atoms with Gasteiger partial charge in [-0.1, -0.05) is 48.0 Å². The standard InChI is InChI=1S/C26H22ClNO3/c1-3-31-25-7-5-4-6-23(25)28-24(19-10-12-21(27)13-11-19)17-20(26(28)29)16-18-8-14-22(30-2)15-9-18/h4-17H,3H2,1-2H3/b20-16-. The van der Waals surface area contributed by atoms with Crippen molar-refractivity contribution < 1.29 is 14.3 Å². The summed E-state index contributed by atoms with van der Waals surface area (Å²) in [6.07, 6.45) is 3.78. The van der Waals surface area contributed by atoms with Gasteiger partial charge in [0.05, 0.1) is 25.1 Å². The molecule has 1 aliphatic heterocycles. The molecular weight excluding hydrogens is 410 g/mol. The minimum atomic E-state index is -0.118. The smallest absolute Gasteiger partial charge is 0.263 e. The Balaban J connectivity index is 1.81. The van der Waals surface area contributed by atoms with Crippen LogP contribution in [0.1, 0.15) is 18.1 Å². The zero-order valence-electron chi connectivity index (χ0n) is 17.3. The molecule has 31 heavy (non-hydrogen) atoms. The number of hydrogen-bond donors (Lipinski definition) is 0. The summed E-state index contributed by atoms with van der Waals surface area (Å²) in [6, 6.07) is 22.6. The first-order valence-electron chi connectivity index (χ1n) is 10.0. The fourth-order valence-corrected chi connectivity index (χ4v) is 3.61. The molecule has 3 aromatic rings. The molecule has 0 saturated heterocycles. The first-order chi connectivity index (χ1) is 15.1. The van der Waals surface area contributed by atoms with Crippen LogP contribution in [0.2, 0.25) is 5.02 Å². The van der Waals surface area contributed by atoms with Gasteiger partial charge >= 0.3 is 0 Å². The Morgan fingerprint density at radius 1 is 0.968 bits per heavy atom. The van der Waals surface area contributed by atoms with E-state index in [9.17, 15) is 4.79 Å². The highest BCUT2D eigenvalue weighted by Gasteiger charge is 2.32. The number of carbonyl (C=O) groups is 1. The highest BCUT2D eigenvalue weighted by Crippen LogP contribution is 2.40. The second-order valence-electron chi connectivity index (χ2n) is 6.95. The predicted molar refractivity (Wildman–Crippen MR) is 125 cm³/mol. The summed E-state index contributed by atoms with van der Waals surface area (Å²) in [5, 5.41) is 0.643. The molecule has 156 valence electrons. The lowest BCUT2D eigenvalue weighted by Gasteiger charge is -2.23. The molecule has 0 unspecified atom stereocenters. The van der Waals surface area contributed by atoms with E-state index in [0.717, 1.165) is 22.6 Å². The van der Waals surface area contributed by atoms with Gasteiger partial charge in [0.25, 0.3) is 5.91 Å². The molecule has 1 aliphatic rings. The van der Waals surface area contributed by atoms with E-state index < -0.39 is 0 Å². The summed E-state index contributed by atoms with van der Waals surface area (Å²) >= 11 is 6.09. The molecule has 5 heteroatoms. The predicted octanol–water partition coefficient (Wildman–Crippen LogP) is 6.22. The lowest BCUT2D eigenvalue weighted by molar-refractivity contribution is -0.113. The Kier molecular flexibility index (Phi) is 6.10. The number of ether oxygens (including phenoxy) is 2. The molecule has 1 heterocycles. The van der Waals surface area contributed by atoms with Gasteiger partial charge in [-0.15, -0.1) is 0 Å². The number of anilines is 1. The van der Waals surface area contributed by atoms with E-state index in [-0.39, 0.29) is 5.91 Å². The number of carbonyl (C=O) groups excluding carboxylic acids is 1. The molecule has 4 nitrogen and oxygen atoms in total. The van der Waals surface area contributed by atoms with Crippen LogP contribution in [0.15, 0.2) is 84.4 Å². The average Bonchev–Trinajstić information content (AvgIpc) is 3.11. The summed E-state index contributed by atoms with van der Waals surface area (Å²) in [5.41, 5.74) is 3.86. The highest BCUT2D eigenvalue weighted by atomic mass is 35.5. The number of para-hydroxylation sites is 2. The van der Waals surface area contributed by atoms with Crippen LogP contribution in [-0.4, -0.2) is 19.6 Å². The van der Waals surface area contributed by atoms with Crippen LogP contribution in [0, 0.1) is 0 Å². The molecular formula is C26H22ClNO3. The zero-order chi connectivity index (χ0) is 21.8. The molecule has 0 spiro atoms. The van der Waals surface area contributed by atoms with Gasteiger partial charge in [-0.2, -0.15) is 0 Å². The highest BCUT2D eigenvalue weighted by molar-refractivity contribution is 6.30. The minimum Gasteiger partial charge on any atom is -0.497 e. The van der Waals surface area contributed by atoms with Crippen LogP contribution in [0.3, 0.4) is 0 Å². The van der Waals surface area contributed by atoms with Crippen LogP contribution in [0.4, 0.5) is 5.69 Å². The topological polar surface area (TPSA) is 38.8 Å². The summed E-state index contributed by atoms with van der Waals surface area (Å²) in [6.45, 7) is 2.43. The van der Waals surface area contributed by atoms with Gasteiger partial charge in [0.2, 0.25) is 0 Å². The largest absolute Gasteiger partial charge is 0.497 e. The van der Waals surface area contributed by atoms with Crippen LogP contribution < -0.4 is 14.4 Å². The van der Waals surface area contributed by atoms with E-state index in [1.54, 1.807) is 12.0 Å². The summed E-state index contributed by atoms with van der Waals surface area (Å²) in [7, 11) is 1.63. The van der Waals surface area contributed by atoms with E-state index in [4.69, 9.17) is 21.1 Å². The quantitative estimate of drug-likeness (QED) is 0.435. The Hall–Kier alpha value is -3.50. The second kappa shape index (κ2) is 9.11. The number of nitrogens with zero attached hydrogens (tertiary/aromatic N) is 1. The number of rotatable bonds is 6. The SMILES string of the molecule is CCOc1ccccc1N1C(=O)/C(=C\c2ccc(OC)cc2)C=C1c1ccc(Cl)cc1. The van der Waals surface area contributed by atoms with Crippen molar-refractivity contribution in [1.29, 1.82) is 0 Å². The molecule has 0 N–H and O–H groups in total. The first-order valence-corrected chi connectivity index (χ1v) is 10.4. The molecule has 0 aliphatic carbocycles. The van der Waals surface area contributed by atoms with Crippen molar-refractivity contribution in [2.24, 2.45) is 0 Å². The Bertz CT molecular complexity index is 1150. The fraction of sp³-hybridized carbons (Fsp3) is 0.115. The van der Waals surface area contributed by atoms with Gasteiger partial charge < -0.3 is 9.47 Å². The van der Waals surface area contributed by atoms with E-state index in [0.29, 0.717) is 28.6 Å². The van der Waals surface area contributed by atoms with E-state index in [1.165, 1.54) is 0 Å². The van der Waals surface area contributed by atoms with Crippen molar-refractivity contribution in [1.82, 2.24) is 0 Å². The number of amides is 1. The van der Waals surface area contributed by atoms with Crippen LogP contribution in [-0.2, 0) is 4.79 Å². The van der Waals surface area contributed by atoms with Crippen molar-refractivity contribution in [2.75, 3.05) is 18.6 Å². The van der Waals surface area contributed by atoms with Crippen LogP contribution >= 0.6 is 11.6 Å². The summed E-state index contributed by atoms with van der Waals surface area (Å²) in [4.78, 5) is 15.2. The Labute approximate surface area is 187 Å². The maximum Gasteiger partial charge on any atom is 0.263 e. The number of benzene rings is 3. The van der Waals surface area contributed by atoms with Gasteiger partial charge in [0.15, 0.2) is 0 Å². The Morgan fingerprint density at radius 2 is 1.68 bits per heavy atom. The summed E-state index contributed by atoms with van der Waals surface area (Å²) in [5.74, 6) is 1.31. The van der Waals surface area contributed by atoms with Gasteiger partial charge in [-0.3, -0.25) is 9.69 Å². The van der Waals surface area contributed by atoms with Crippen molar-refractivity contribution in [2.45, 2.75) is 6.92 Å². The van der Waals surface area contributed by atoms with Gasteiger partial charge in [-0.05, 0) is 66.6 Å². The maximum atomic E-state index is 13.5. The molecule has 0 radical (unpaired) electrons. The maximum absolute atomic E-state index is 13.5. The average molecular weight is 432 g/mol. The first kappa shape index (κ1) is 20.8. The molecule has 0 atom stereocenters. The van der Waals surface area contributed by atoms with Crippen LogP contribution in [0.5, 0.6) is 11.5 Å². The van der Waals surface area contributed by atoms with Crippen molar-refractivity contribution >= 4 is 35.0 Å². The third-order valence-corrected chi connectivity index (χ3v) is 5.22. The minimum absolute atomic E-state index is 0.118. The monoisotopic (exact) mass is 431 g/mol. The lowest BCUT2D eigenvalue weighted by Crippen LogP contribution is -2.25. The normalized spacial score (nSPS) is 14.7. The lowest BCUT2D eigenvalue weighted by atomic mass is 10.1. The van der Waals surface area contributed by atoms with Crippen molar-refractivity contribution in [3.05, 3.63) is 101 Å². The van der Waals surface area contributed by atoms with Crippen molar-refractivity contribution in [3.8, 4) is 11.5 Å². The molecule has 3 aromatic carbocycles. The van der Waals surface area contributed by atoms with Gasteiger partial charge in [0, 0.05) is 10.6 Å². The summed E-state index contributed by atoms with van der Waals surface area (Å²) < 4.78 is 11.0. The fourth-order valence-electron chi connectivity index (χ4n) is 3.49. The molecule has 0 bridgehead atoms. The van der Waals surface area contributed by atoms with Crippen molar-refractivity contribution in [3.63, 3.8) is 0 Å².